The number of hydrogen-bond donors (Lipinski definition) is 1. The van der Waals surface area contributed by atoms with Gasteiger partial charge in [0.25, 0.3) is 5.91 Å². The number of carbonyl (C=O) groups is 2. The average molecular weight is 329 g/mol. The van der Waals surface area contributed by atoms with Crippen LogP contribution in [0.25, 0.3) is 10.1 Å². The lowest BCUT2D eigenvalue weighted by molar-refractivity contribution is 0.0618. The SMILES string of the molecule is CC(=O)c1csc2cnc(C(=O)NC3CN4CCC3CC4)cc12. The van der Waals surface area contributed by atoms with Crippen molar-refractivity contribution < 1.29 is 9.59 Å². The number of rotatable bonds is 3. The summed E-state index contributed by atoms with van der Waals surface area (Å²) >= 11 is 1.49. The Morgan fingerprint density at radius 3 is 2.78 bits per heavy atom. The van der Waals surface area contributed by atoms with Crippen LogP contribution in [0.5, 0.6) is 0 Å². The molecule has 3 aliphatic rings. The van der Waals surface area contributed by atoms with Crippen molar-refractivity contribution in [2.45, 2.75) is 25.8 Å². The second-order valence-corrected chi connectivity index (χ2v) is 7.40. The number of Topliss-reactive ketones (excluding diaryl/α,β-unsaturated/α-hetero) is 1. The van der Waals surface area contributed by atoms with Gasteiger partial charge in [0.1, 0.15) is 5.69 Å². The second kappa shape index (κ2) is 5.69. The summed E-state index contributed by atoms with van der Waals surface area (Å²) in [6.45, 7) is 4.79. The summed E-state index contributed by atoms with van der Waals surface area (Å²) in [6.07, 6.45) is 4.02. The molecule has 3 aliphatic heterocycles. The fraction of sp³-hybridized carbons (Fsp3) is 0.471. The molecular weight excluding hydrogens is 310 g/mol. The van der Waals surface area contributed by atoms with E-state index in [2.05, 4.69) is 15.2 Å². The topological polar surface area (TPSA) is 62.3 Å². The molecule has 120 valence electrons. The summed E-state index contributed by atoms with van der Waals surface area (Å²) in [6, 6.07) is 1.97. The van der Waals surface area contributed by atoms with Crippen LogP contribution >= 0.6 is 11.3 Å². The number of nitrogens with one attached hydrogen (secondary N) is 1. The van der Waals surface area contributed by atoms with Crippen molar-refractivity contribution in [3.05, 3.63) is 28.9 Å². The van der Waals surface area contributed by atoms with Gasteiger partial charge in [0, 0.05) is 35.1 Å². The molecule has 1 amide bonds. The van der Waals surface area contributed by atoms with Crippen LogP contribution in [0.2, 0.25) is 0 Å². The quantitative estimate of drug-likeness (QED) is 0.878. The van der Waals surface area contributed by atoms with E-state index in [4.69, 9.17) is 0 Å². The molecule has 0 saturated carbocycles. The third kappa shape index (κ3) is 2.66. The maximum atomic E-state index is 12.6. The van der Waals surface area contributed by atoms with E-state index in [9.17, 15) is 9.59 Å². The molecule has 23 heavy (non-hydrogen) atoms. The molecule has 2 aromatic heterocycles. The first-order chi connectivity index (χ1) is 11.1. The van der Waals surface area contributed by atoms with Gasteiger partial charge in [-0.25, -0.2) is 4.98 Å². The van der Waals surface area contributed by atoms with Gasteiger partial charge in [0.2, 0.25) is 0 Å². The lowest BCUT2D eigenvalue weighted by Crippen LogP contribution is -2.57. The molecule has 2 bridgehead atoms. The molecule has 0 spiro atoms. The van der Waals surface area contributed by atoms with Crippen LogP contribution in [0.15, 0.2) is 17.6 Å². The summed E-state index contributed by atoms with van der Waals surface area (Å²) < 4.78 is 0.939. The number of nitrogens with zero attached hydrogens (tertiary/aromatic N) is 2. The molecule has 3 saturated heterocycles. The van der Waals surface area contributed by atoms with Gasteiger partial charge in [0.15, 0.2) is 5.78 Å². The van der Waals surface area contributed by atoms with E-state index >= 15 is 0 Å². The lowest BCUT2D eigenvalue weighted by Gasteiger charge is -2.44. The molecule has 5 heterocycles. The van der Waals surface area contributed by atoms with Gasteiger partial charge in [-0.1, -0.05) is 0 Å². The Morgan fingerprint density at radius 1 is 1.35 bits per heavy atom. The van der Waals surface area contributed by atoms with Gasteiger partial charge in [0.05, 0.1) is 4.70 Å². The minimum atomic E-state index is -0.133. The summed E-state index contributed by atoms with van der Waals surface area (Å²) in [5.74, 6) is 0.471. The molecule has 1 N–H and O–H groups in total. The van der Waals surface area contributed by atoms with Gasteiger partial charge in [-0.15, -0.1) is 11.3 Å². The van der Waals surface area contributed by atoms with Crippen LogP contribution in [0.3, 0.4) is 0 Å². The first kappa shape index (κ1) is 14.8. The van der Waals surface area contributed by atoms with Crippen molar-refractivity contribution in [1.29, 1.82) is 0 Å². The first-order valence-corrected chi connectivity index (χ1v) is 8.91. The van der Waals surface area contributed by atoms with Gasteiger partial charge >= 0.3 is 0 Å². The van der Waals surface area contributed by atoms with Crippen molar-refractivity contribution in [3.63, 3.8) is 0 Å². The van der Waals surface area contributed by atoms with Crippen LogP contribution in [-0.4, -0.2) is 47.3 Å². The number of ketones is 1. The number of pyridine rings is 1. The van der Waals surface area contributed by atoms with Crippen molar-refractivity contribution in [2.75, 3.05) is 19.6 Å². The summed E-state index contributed by atoms with van der Waals surface area (Å²) in [4.78, 5) is 30.9. The van der Waals surface area contributed by atoms with E-state index < -0.39 is 0 Å². The van der Waals surface area contributed by atoms with Gasteiger partial charge in [-0.05, 0) is 44.8 Å². The van der Waals surface area contributed by atoms with Crippen molar-refractivity contribution in [1.82, 2.24) is 15.2 Å². The smallest absolute Gasteiger partial charge is 0.270 e. The zero-order valence-corrected chi connectivity index (χ0v) is 13.9. The van der Waals surface area contributed by atoms with Crippen LogP contribution in [0.4, 0.5) is 0 Å². The monoisotopic (exact) mass is 329 g/mol. The summed E-state index contributed by atoms with van der Waals surface area (Å²) in [5, 5.41) is 5.81. The highest BCUT2D eigenvalue weighted by molar-refractivity contribution is 7.17. The lowest BCUT2D eigenvalue weighted by atomic mass is 9.84. The van der Waals surface area contributed by atoms with E-state index in [-0.39, 0.29) is 17.7 Å². The van der Waals surface area contributed by atoms with Crippen LogP contribution in [-0.2, 0) is 0 Å². The van der Waals surface area contributed by atoms with Crippen molar-refractivity contribution in [3.8, 4) is 0 Å². The molecule has 0 radical (unpaired) electrons. The van der Waals surface area contributed by atoms with E-state index in [0.717, 1.165) is 42.6 Å². The highest BCUT2D eigenvalue weighted by atomic mass is 32.1. The summed E-state index contributed by atoms with van der Waals surface area (Å²) in [7, 11) is 0. The first-order valence-electron chi connectivity index (χ1n) is 8.03. The number of piperidine rings is 3. The van der Waals surface area contributed by atoms with Crippen molar-refractivity contribution >= 4 is 33.1 Å². The Hall–Kier alpha value is -1.79. The second-order valence-electron chi connectivity index (χ2n) is 6.49. The minimum absolute atomic E-state index is 0.0196. The Balaban J connectivity index is 1.57. The zero-order chi connectivity index (χ0) is 16.0. The van der Waals surface area contributed by atoms with Gasteiger partial charge in [-0.3, -0.25) is 9.59 Å². The fourth-order valence-corrected chi connectivity index (χ4v) is 4.65. The van der Waals surface area contributed by atoms with Crippen molar-refractivity contribution in [2.24, 2.45) is 5.92 Å². The zero-order valence-electron chi connectivity index (χ0n) is 13.0. The largest absolute Gasteiger partial charge is 0.346 e. The third-order valence-electron chi connectivity index (χ3n) is 5.05. The van der Waals surface area contributed by atoms with Crippen LogP contribution < -0.4 is 5.32 Å². The van der Waals surface area contributed by atoms with Crippen LogP contribution in [0.1, 0.15) is 40.6 Å². The highest BCUT2D eigenvalue weighted by Gasteiger charge is 2.35. The Morgan fingerprint density at radius 2 is 2.13 bits per heavy atom. The minimum Gasteiger partial charge on any atom is -0.346 e. The van der Waals surface area contributed by atoms with E-state index in [1.54, 1.807) is 19.2 Å². The Labute approximate surface area is 138 Å². The van der Waals surface area contributed by atoms with Gasteiger partial charge in [-0.2, -0.15) is 0 Å². The summed E-state index contributed by atoms with van der Waals surface area (Å²) in [5.41, 5.74) is 1.07. The fourth-order valence-electron chi connectivity index (χ4n) is 3.70. The highest BCUT2D eigenvalue weighted by Crippen LogP contribution is 2.28. The maximum absolute atomic E-state index is 12.6. The standard InChI is InChI=1S/C17H19N3O2S/c1-10(21)13-9-23-16-7-18-14(6-12(13)16)17(22)19-15-8-20-4-2-11(15)3-5-20/h6-7,9,11,15H,2-5,8H2,1H3,(H,19,22). The number of hydrogen-bond acceptors (Lipinski definition) is 5. The number of carbonyl (C=O) groups excluding carboxylic acids is 2. The predicted molar refractivity (Wildman–Crippen MR) is 90.0 cm³/mol. The third-order valence-corrected chi connectivity index (χ3v) is 5.98. The molecule has 2 aromatic rings. The number of fused-ring (bicyclic) bond motifs is 4. The molecule has 0 aromatic carbocycles. The van der Waals surface area contributed by atoms with E-state index in [1.165, 1.54) is 11.3 Å². The normalized spacial score (nSPS) is 26.4. The Kier molecular flexibility index (Phi) is 3.66. The average Bonchev–Trinajstić information content (AvgIpc) is 2.99. The number of amides is 1. The van der Waals surface area contributed by atoms with E-state index in [1.807, 2.05) is 5.38 Å². The Bertz CT molecular complexity index is 777. The molecule has 6 heteroatoms. The molecule has 5 rings (SSSR count). The molecule has 1 atom stereocenters. The molecule has 0 aliphatic carbocycles. The van der Waals surface area contributed by atoms with Crippen LogP contribution in [0, 0.1) is 5.92 Å². The molecule has 5 nitrogen and oxygen atoms in total. The molecular formula is C17H19N3O2S. The van der Waals surface area contributed by atoms with E-state index in [0.29, 0.717) is 17.2 Å². The number of thiophene rings is 1. The molecule has 1 unspecified atom stereocenters. The predicted octanol–water partition coefficient (Wildman–Crippen LogP) is 2.32. The molecule has 3 fully saturated rings. The number of aromatic nitrogens is 1. The van der Waals surface area contributed by atoms with Gasteiger partial charge < -0.3 is 10.2 Å². The maximum Gasteiger partial charge on any atom is 0.270 e.